The topological polar surface area (TPSA) is 38.9 Å². The van der Waals surface area contributed by atoms with Gasteiger partial charge in [-0.05, 0) is 31.4 Å². The lowest BCUT2D eigenvalue weighted by molar-refractivity contribution is 0.411. The Bertz CT molecular complexity index is 573. The maximum Gasteiger partial charge on any atom is 0.126 e. The highest BCUT2D eigenvalue weighted by atomic mass is 32.1. The molecule has 0 bridgehead atoms. The highest BCUT2D eigenvalue weighted by Gasteiger charge is 2.26. The van der Waals surface area contributed by atoms with E-state index in [9.17, 15) is 4.39 Å². The number of aryl methyl sites for hydroxylation is 1. The minimum Gasteiger partial charge on any atom is -0.319 e. The van der Waals surface area contributed by atoms with Crippen LogP contribution in [0.5, 0.6) is 0 Å². The summed E-state index contributed by atoms with van der Waals surface area (Å²) in [5, 5.41) is 2.88. The average Bonchev–Trinajstić information content (AvgIpc) is 2.91. The average molecular weight is 278 g/mol. The van der Waals surface area contributed by atoms with Gasteiger partial charge in [-0.2, -0.15) is 0 Å². The summed E-state index contributed by atoms with van der Waals surface area (Å²) in [4.78, 5) is 4.59. The van der Waals surface area contributed by atoms with Crippen LogP contribution in [0.15, 0.2) is 23.6 Å². The summed E-state index contributed by atoms with van der Waals surface area (Å²) in [5.74, 6) is -0.197. The van der Waals surface area contributed by atoms with E-state index in [1.54, 1.807) is 24.3 Å². The van der Waals surface area contributed by atoms with Crippen molar-refractivity contribution in [2.24, 2.45) is 5.73 Å². The van der Waals surface area contributed by atoms with Gasteiger partial charge in [-0.15, -0.1) is 11.3 Å². The molecule has 4 heteroatoms. The van der Waals surface area contributed by atoms with E-state index in [0.717, 1.165) is 29.1 Å². The Morgan fingerprint density at radius 3 is 2.58 bits per heavy atom. The molecule has 2 nitrogen and oxygen atoms in total. The maximum absolute atomic E-state index is 13.6. The second-order valence-corrected chi connectivity index (χ2v) is 5.72. The van der Waals surface area contributed by atoms with Gasteiger partial charge in [0.25, 0.3) is 0 Å². The highest BCUT2D eigenvalue weighted by Crippen LogP contribution is 2.32. The molecule has 2 rings (SSSR count). The fourth-order valence-corrected chi connectivity index (χ4v) is 3.03. The first-order valence-electron chi connectivity index (χ1n) is 6.51. The molecular weight excluding hydrogens is 259 g/mol. The van der Waals surface area contributed by atoms with Crippen molar-refractivity contribution in [2.75, 3.05) is 0 Å². The summed E-state index contributed by atoms with van der Waals surface area (Å²) >= 11 is 1.55. The van der Waals surface area contributed by atoms with Crippen LogP contribution in [0, 0.1) is 12.7 Å². The van der Waals surface area contributed by atoms with E-state index in [0.29, 0.717) is 5.56 Å². The smallest absolute Gasteiger partial charge is 0.126 e. The van der Waals surface area contributed by atoms with Gasteiger partial charge in [0, 0.05) is 10.9 Å². The summed E-state index contributed by atoms with van der Waals surface area (Å²) in [5.41, 5.74) is 8.22. The third kappa shape index (κ3) is 2.69. The Labute approximate surface area is 117 Å². The number of halogens is 1. The molecule has 2 N–H and O–H groups in total. The van der Waals surface area contributed by atoms with Crippen LogP contribution < -0.4 is 5.73 Å². The van der Waals surface area contributed by atoms with E-state index in [2.05, 4.69) is 18.8 Å². The molecular formula is C15H19FN2S. The number of rotatable bonds is 4. The quantitative estimate of drug-likeness (QED) is 0.909. The predicted octanol–water partition coefficient (Wildman–Crippen LogP) is 4.23. The third-order valence-electron chi connectivity index (χ3n) is 3.66. The SMILES string of the molecule is CCC(N)(CC)c1nc(-c2ccc(C)c(F)c2)cs1. The molecule has 1 aromatic heterocycles. The van der Waals surface area contributed by atoms with E-state index in [4.69, 9.17) is 5.73 Å². The van der Waals surface area contributed by atoms with Crippen LogP contribution in [-0.2, 0) is 5.54 Å². The largest absolute Gasteiger partial charge is 0.319 e. The van der Waals surface area contributed by atoms with Crippen molar-refractivity contribution >= 4 is 11.3 Å². The summed E-state index contributed by atoms with van der Waals surface area (Å²) in [6.45, 7) is 5.89. The van der Waals surface area contributed by atoms with Crippen molar-refractivity contribution in [3.8, 4) is 11.3 Å². The molecule has 0 saturated heterocycles. The van der Waals surface area contributed by atoms with Gasteiger partial charge in [0.1, 0.15) is 10.8 Å². The summed E-state index contributed by atoms with van der Waals surface area (Å²) in [6, 6.07) is 5.20. The molecule has 0 atom stereocenters. The maximum atomic E-state index is 13.6. The molecule has 1 heterocycles. The molecule has 0 aliphatic rings. The minimum absolute atomic E-state index is 0.197. The van der Waals surface area contributed by atoms with Crippen LogP contribution in [0.1, 0.15) is 37.3 Å². The van der Waals surface area contributed by atoms with Gasteiger partial charge < -0.3 is 5.73 Å². The fourth-order valence-electron chi connectivity index (χ4n) is 1.94. The third-order valence-corrected chi connectivity index (χ3v) is 4.72. The lowest BCUT2D eigenvalue weighted by Crippen LogP contribution is -2.34. The molecule has 0 unspecified atom stereocenters. The Morgan fingerprint density at radius 2 is 2.00 bits per heavy atom. The molecule has 0 amide bonds. The summed E-state index contributed by atoms with van der Waals surface area (Å²) in [7, 11) is 0. The fraction of sp³-hybridized carbons (Fsp3) is 0.400. The molecule has 0 fully saturated rings. The Balaban J connectivity index is 2.38. The Hall–Kier alpha value is -1.26. The standard InChI is InChI=1S/C15H19FN2S/c1-4-15(17,5-2)14-18-13(9-19-14)11-7-6-10(3)12(16)8-11/h6-9H,4-5,17H2,1-3H3. The number of aromatic nitrogens is 1. The predicted molar refractivity (Wildman–Crippen MR) is 78.7 cm³/mol. The zero-order valence-corrected chi connectivity index (χ0v) is 12.4. The number of nitrogens with zero attached hydrogens (tertiary/aromatic N) is 1. The molecule has 2 aromatic rings. The van der Waals surface area contributed by atoms with Crippen LogP contribution >= 0.6 is 11.3 Å². The van der Waals surface area contributed by atoms with Crippen LogP contribution in [0.2, 0.25) is 0 Å². The van der Waals surface area contributed by atoms with Crippen molar-refractivity contribution in [3.63, 3.8) is 0 Å². The molecule has 0 aliphatic carbocycles. The van der Waals surface area contributed by atoms with Crippen molar-refractivity contribution in [2.45, 2.75) is 39.2 Å². The van der Waals surface area contributed by atoms with E-state index < -0.39 is 0 Å². The first-order chi connectivity index (χ1) is 9.00. The number of benzene rings is 1. The molecule has 1 aromatic carbocycles. The van der Waals surface area contributed by atoms with Gasteiger partial charge in [0.15, 0.2) is 0 Å². The van der Waals surface area contributed by atoms with Gasteiger partial charge in [-0.25, -0.2) is 9.37 Å². The highest BCUT2D eigenvalue weighted by molar-refractivity contribution is 7.10. The lowest BCUT2D eigenvalue weighted by Gasteiger charge is -2.23. The van der Waals surface area contributed by atoms with Gasteiger partial charge in [-0.1, -0.05) is 26.0 Å². The van der Waals surface area contributed by atoms with E-state index in [1.807, 2.05) is 11.4 Å². The Kier molecular flexibility index (Phi) is 4.02. The van der Waals surface area contributed by atoms with E-state index in [-0.39, 0.29) is 11.4 Å². The van der Waals surface area contributed by atoms with Gasteiger partial charge >= 0.3 is 0 Å². The van der Waals surface area contributed by atoms with Crippen molar-refractivity contribution < 1.29 is 4.39 Å². The van der Waals surface area contributed by atoms with E-state index >= 15 is 0 Å². The van der Waals surface area contributed by atoms with Crippen molar-refractivity contribution in [1.29, 1.82) is 0 Å². The number of hydrogen-bond donors (Lipinski definition) is 1. The molecule has 19 heavy (non-hydrogen) atoms. The molecule has 0 aliphatic heterocycles. The lowest BCUT2D eigenvalue weighted by atomic mass is 9.95. The second-order valence-electron chi connectivity index (χ2n) is 4.87. The van der Waals surface area contributed by atoms with Crippen LogP contribution in [0.3, 0.4) is 0 Å². The van der Waals surface area contributed by atoms with Crippen LogP contribution in [0.4, 0.5) is 4.39 Å². The Morgan fingerprint density at radius 1 is 1.32 bits per heavy atom. The van der Waals surface area contributed by atoms with Gasteiger partial charge in [0.05, 0.1) is 11.2 Å². The minimum atomic E-state index is -0.369. The molecule has 0 radical (unpaired) electrons. The summed E-state index contributed by atoms with van der Waals surface area (Å²) in [6.07, 6.45) is 1.69. The number of thiazole rings is 1. The van der Waals surface area contributed by atoms with Gasteiger partial charge in [0.2, 0.25) is 0 Å². The monoisotopic (exact) mass is 278 g/mol. The van der Waals surface area contributed by atoms with Crippen molar-refractivity contribution in [3.05, 3.63) is 40.0 Å². The summed E-state index contributed by atoms with van der Waals surface area (Å²) < 4.78 is 13.6. The zero-order valence-electron chi connectivity index (χ0n) is 11.5. The zero-order chi connectivity index (χ0) is 14.0. The second kappa shape index (κ2) is 5.39. The first kappa shape index (κ1) is 14.2. The van der Waals surface area contributed by atoms with Gasteiger partial charge in [-0.3, -0.25) is 0 Å². The molecule has 102 valence electrons. The normalized spacial score (nSPS) is 11.8. The number of hydrogen-bond acceptors (Lipinski definition) is 3. The van der Waals surface area contributed by atoms with Crippen LogP contribution in [0.25, 0.3) is 11.3 Å². The number of nitrogens with two attached hydrogens (primary N) is 1. The van der Waals surface area contributed by atoms with E-state index in [1.165, 1.54) is 6.07 Å². The molecule has 0 spiro atoms. The first-order valence-corrected chi connectivity index (χ1v) is 7.39. The van der Waals surface area contributed by atoms with Crippen LogP contribution in [-0.4, -0.2) is 4.98 Å². The van der Waals surface area contributed by atoms with Crippen molar-refractivity contribution in [1.82, 2.24) is 4.98 Å². The molecule has 0 saturated carbocycles.